The van der Waals surface area contributed by atoms with E-state index in [0.717, 1.165) is 11.3 Å². The maximum atomic E-state index is 13.2. The first kappa shape index (κ1) is 15.0. The van der Waals surface area contributed by atoms with Crippen molar-refractivity contribution >= 4 is 34.9 Å². The second-order valence-corrected chi connectivity index (χ2v) is 6.38. The van der Waals surface area contributed by atoms with E-state index in [1.54, 1.807) is 30.1 Å². The standard InChI is InChI=1S/C18H15ClN2O3/c1-21-13-9-4-3-7-11(13)18(17(21)23)14(16(22)24-2)10-6-5-8-12(19)15(10)20-18/h3-9,14,20H,1-2H3. The van der Waals surface area contributed by atoms with Crippen LogP contribution in [0, 0.1) is 0 Å². The molecule has 6 heteroatoms. The minimum atomic E-state index is -1.23. The first-order chi connectivity index (χ1) is 11.5. The van der Waals surface area contributed by atoms with Crippen LogP contribution in [-0.2, 0) is 19.9 Å². The fraction of sp³-hybridized carbons (Fsp3) is 0.222. The van der Waals surface area contributed by atoms with Crippen molar-refractivity contribution in [1.29, 1.82) is 0 Å². The number of fused-ring (bicyclic) bond motifs is 3. The molecule has 2 unspecified atom stereocenters. The lowest BCUT2D eigenvalue weighted by atomic mass is 9.78. The number of rotatable bonds is 1. The van der Waals surface area contributed by atoms with E-state index < -0.39 is 17.4 Å². The first-order valence-corrected chi connectivity index (χ1v) is 7.92. The number of benzene rings is 2. The summed E-state index contributed by atoms with van der Waals surface area (Å²) in [5, 5.41) is 3.73. The van der Waals surface area contributed by atoms with Gasteiger partial charge in [0.1, 0.15) is 5.92 Å². The molecular weight excluding hydrogens is 328 g/mol. The van der Waals surface area contributed by atoms with Crippen molar-refractivity contribution in [3.8, 4) is 0 Å². The van der Waals surface area contributed by atoms with Gasteiger partial charge in [0.05, 0.1) is 17.8 Å². The summed E-state index contributed by atoms with van der Waals surface area (Å²) >= 11 is 6.32. The molecule has 0 aliphatic carbocycles. The van der Waals surface area contributed by atoms with Gasteiger partial charge < -0.3 is 15.0 Å². The fourth-order valence-corrected chi connectivity index (χ4v) is 4.06. The number of esters is 1. The van der Waals surface area contributed by atoms with E-state index in [1.807, 2.05) is 24.3 Å². The van der Waals surface area contributed by atoms with Crippen LogP contribution in [0.4, 0.5) is 11.4 Å². The van der Waals surface area contributed by atoms with Crippen LogP contribution in [0.1, 0.15) is 17.0 Å². The van der Waals surface area contributed by atoms with Gasteiger partial charge >= 0.3 is 5.97 Å². The molecule has 1 N–H and O–H groups in total. The second kappa shape index (κ2) is 4.98. The largest absolute Gasteiger partial charge is 0.468 e. The summed E-state index contributed by atoms with van der Waals surface area (Å²) in [7, 11) is 3.03. The Balaban J connectivity index is 2.03. The van der Waals surface area contributed by atoms with E-state index in [2.05, 4.69) is 5.32 Å². The average molecular weight is 343 g/mol. The number of nitrogens with one attached hydrogen (secondary N) is 1. The topological polar surface area (TPSA) is 58.6 Å². The van der Waals surface area contributed by atoms with Crippen molar-refractivity contribution in [2.75, 3.05) is 24.4 Å². The van der Waals surface area contributed by atoms with Crippen molar-refractivity contribution < 1.29 is 14.3 Å². The summed E-state index contributed by atoms with van der Waals surface area (Å²) in [4.78, 5) is 27.4. The van der Waals surface area contributed by atoms with Gasteiger partial charge in [0, 0.05) is 18.3 Å². The molecule has 4 rings (SSSR count). The zero-order valence-electron chi connectivity index (χ0n) is 13.2. The zero-order chi connectivity index (χ0) is 17.1. The van der Waals surface area contributed by atoms with Crippen LogP contribution in [0.25, 0.3) is 0 Å². The van der Waals surface area contributed by atoms with Crippen LogP contribution in [0.15, 0.2) is 42.5 Å². The van der Waals surface area contributed by atoms with Crippen LogP contribution in [-0.4, -0.2) is 26.0 Å². The highest BCUT2D eigenvalue weighted by molar-refractivity contribution is 6.34. The lowest BCUT2D eigenvalue weighted by Crippen LogP contribution is -2.48. The van der Waals surface area contributed by atoms with E-state index in [4.69, 9.17) is 16.3 Å². The number of para-hydroxylation sites is 2. The summed E-state index contributed by atoms with van der Waals surface area (Å²) < 4.78 is 5.02. The lowest BCUT2D eigenvalue weighted by Gasteiger charge is -2.29. The van der Waals surface area contributed by atoms with Gasteiger partial charge in [-0.25, -0.2) is 0 Å². The highest BCUT2D eigenvalue weighted by atomic mass is 35.5. The molecule has 2 aliphatic rings. The number of methoxy groups -OCH3 is 1. The van der Waals surface area contributed by atoms with Crippen molar-refractivity contribution in [2.45, 2.75) is 11.5 Å². The van der Waals surface area contributed by atoms with Gasteiger partial charge in [-0.3, -0.25) is 9.59 Å². The number of anilines is 2. The quantitative estimate of drug-likeness (QED) is 0.810. The van der Waals surface area contributed by atoms with E-state index in [0.29, 0.717) is 16.3 Å². The van der Waals surface area contributed by atoms with Crippen molar-refractivity contribution in [1.82, 2.24) is 0 Å². The normalized spacial score (nSPS) is 23.9. The Morgan fingerprint density at radius 2 is 2.00 bits per heavy atom. The maximum absolute atomic E-state index is 13.2. The zero-order valence-corrected chi connectivity index (χ0v) is 13.9. The number of carbonyl (C=O) groups is 2. The molecule has 2 aromatic rings. The third-order valence-corrected chi connectivity index (χ3v) is 5.20. The highest BCUT2D eigenvalue weighted by Crippen LogP contribution is 2.56. The summed E-state index contributed by atoms with van der Waals surface area (Å²) in [6.45, 7) is 0. The van der Waals surface area contributed by atoms with Gasteiger partial charge in [0.2, 0.25) is 0 Å². The Hall–Kier alpha value is -2.53. The Bertz CT molecular complexity index is 882. The number of carbonyl (C=O) groups excluding carboxylic acids is 2. The van der Waals surface area contributed by atoms with Crippen LogP contribution >= 0.6 is 11.6 Å². The predicted octanol–water partition coefficient (Wildman–Crippen LogP) is 2.89. The van der Waals surface area contributed by atoms with Crippen LogP contribution < -0.4 is 10.2 Å². The molecule has 2 atom stereocenters. The average Bonchev–Trinajstić information content (AvgIpc) is 3.06. The monoisotopic (exact) mass is 342 g/mol. The number of ether oxygens (including phenoxy) is 1. The van der Waals surface area contributed by atoms with Gasteiger partial charge in [0.25, 0.3) is 5.91 Å². The fourth-order valence-electron chi connectivity index (χ4n) is 3.83. The molecule has 24 heavy (non-hydrogen) atoms. The SMILES string of the molecule is COC(=O)C1c2cccc(Cl)c2NC12C(=O)N(C)c1ccccc12. The molecule has 1 spiro atoms. The molecule has 0 saturated heterocycles. The lowest BCUT2D eigenvalue weighted by molar-refractivity contribution is -0.146. The first-order valence-electron chi connectivity index (χ1n) is 7.54. The third-order valence-electron chi connectivity index (χ3n) is 4.88. The number of nitrogens with zero attached hydrogens (tertiary/aromatic N) is 1. The molecular formula is C18H15ClN2O3. The molecule has 0 fully saturated rings. The second-order valence-electron chi connectivity index (χ2n) is 5.97. The van der Waals surface area contributed by atoms with E-state index in [1.165, 1.54) is 7.11 Å². The maximum Gasteiger partial charge on any atom is 0.316 e. The van der Waals surface area contributed by atoms with Crippen molar-refractivity contribution in [2.24, 2.45) is 0 Å². The summed E-state index contributed by atoms with van der Waals surface area (Å²) in [5.74, 6) is -1.47. The molecule has 122 valence electrons. The van der Waals surface area contributed by atoms with Crippen LogP contribution in [0.3, 0.4) is 0 Å². The number of amides is 1. The molecule has 0 saturated carbocycles. The van der Waals surface area contributed by atoms with Gasteiger partial charge in [-0.15, -0.1) is 0 Å². The molecule has 0 bridgehead atoms. The minimum Gasteiger partial charge on any atom is -0.468 e. The predicted molar refractivity (Wildman–Crippen MR) is 91.4 cm³/mol. The minimum absolute atomic E-state index is 0.202. The van der Waals surface area contributed by atoms with E-state index >= 15 is 0 Å². The Morgan fingerprint density at radius 1 is 1.25 bits per heavy atom. The summed E-state index contributed by atoms with van der Waals surface area (Å²) in [6.07, 6.45) is 0. The van der Waals surface area contributed by atoms with Gasteiger partial charge in [0.15, 0.2) is 5.54 Å². The van der Waals surface area contributed by atoms with E-state index in [-0.39, 0.29) is 5.91 Å². The smallest absolute Gasteiger partial charge is 0.316 e. The summed E-state index contributed by atoms with van der Waals surface area (Å²) in [6, 6.07) is 12.8. The van der Waals surface area contributed by atoms with Crippen molar-refractivity contribution in [3.63, 3.8) is 0 Å². The Morgan fingerprint density at radius 3 is 2.75 bits per heavy atom. The molecule has 0 radical (unpaired) electrons. The number of hydrogen-bond acceptors (Lipinski definition) is 4. The van der Waals surface area contributed by atoms with E-state index in [9.17, 15) is 9.59 Å². The number of hydrogen-bond donors (Lipinski definition) is 1. The van der Waals surface area contributed by atoms with Gasteiger partial charge in [-0.05, 0) is 17.7 Å². The number of halogens is 1. The third kappa shape index (κ3) is 1.65. The molecule has 1 amide bonds. The molecule has 5 nitrogen and oxygen atoms in total. The Labute approximate surface area is 144 Å². The highest BCUT2D eigenvalue weighted by Gasteiger charge is 2.62. The molecule has 2 aromatic carbocycles. The van der Waals surface area contributed by atoms with Crippen LogP contribution in [0.5, 0.6) is 0 Å². The molecule has 2 aliphatic heterocycles. The van der Waals surface area contributed by atoms with Gasteiger partial charge in [-0.1, -0.05) is 41.9 Å². The molecule has 0 aromatic heterocycles. The number of likely N-dealkylation sites (N-methyl/N-ethyl adjacent to an activating group) is 1. The van der Waals surface area contributed by atoms with Crippen molar-refractivity contribution in [3.05, 3.63) is 58.6 Å². The van der Waals surface area contributed by atoms with Gasteiger partial charge in [-0.2, -0.15) is 0 Å². The van der Waals surface area contributed by atoms with Crippen LogP contribution in [0.2, 0.25) is 5.02 Å². The molecule has 2 heterocycles. The summed E-state index contributed by atoms with van der Waals surface area (Å²) in [5.41, 5.74) is 1.57. The Kier molecular flexibility index (Phi) is 3.12.